The zero-order valence-electron chi connectivity index (χ0n) is 22.7. The predicted molar refractivity (Wildman–Crippen MR) is 143 cm³/mol. The highest BCUT2D eigenvalue weighted by Crippen LogP contribution is 2.33. The van der Waals surface area contributed by atoms with Gasteiger partial charge in [-0.3, -0.25) is 4.57 Å². The maximum Gasteiger partial charge on any atom is 0.327 e. The molecule has 206 valence electrons. The average molecular weight is 509 g/mol. The van der Waals surface area contributed by atoms with Gasteiger partial charge in [-0.05, 0) is 19.3 Å². The van der Waals surface area contributed by atoms with E-state index in [0.29, 0.717) is 13.2 Å². The SMILES string of the molecule is CCCCCCCCCCCCC(OCCCCC)[C@H](COCCP(=O)(O)O)OCCCCC. The van der Waals surface area contributed by atoms with Gasteiger partial charge in [0.1, 0.15) is 6.10 Å². The number of hydrogen-bond donors (Lipinski definition) is 2. The Morgan fingerprint density at radius 1 is 0.588 bits per heavy atom. The molecule has 2 atom stereocenters. The first-order valence-corrected chi connectivity index (χ1v) is 16.1. The second kappa shape index (κ2) is 24.7. The average Bonchev–Trinajstić information content (AvgIpc) is 2.80. The molecular weight excluding hydrogens is 451 g/mol. The fourth-order valence-corrected chi connectivity index (χ4v) is 4.40. The van der Waals surface area contributed by atoms with E-state index in [9.17, 15) is 4.57 Å². The van der Waals surface area contributed by atoms with E-state index < -0.39 is 7.60 Å². The highest BCUT2D eigenvalue weighted by Gasteiger charge is 2.24. The summed E-state index contributed by atoms with van der Waals surface area (Å²) in [7, 11) is -4.04. The van der Waals surface area contributed by atoms with Crippen molar-refractivity contribution in [3.05, 3.63) is 0 Å². The van der Waals surface area contributed by atoms with Crippen LogP contribution in [0.1, 0.15) is 130 Å². The van der Waals surface area contributed by atoms with Crippen molar-refractivity contribution in [1.29, 1.82) is 0 Å². The summed E-state index contributed by atoms with van der Waals surface area (Å²) in [6.07, 6.45) is 20.2. The summed E-state index contributed by atoms with van der Waals surface area (Å²) in [5.41, 5.74) is 0. The van der Waals surface area contributed by atoms with E-state index in [1.54, 1.807) is 0 Å². The molecule has 0 bridgehead atoms. The van der Waals surface area contributed by atoms with Gasteiger partial charge in [0.25, 0.3) is 0 Å². The van der Waals surface area contributed by atoms with Gasteiger partial charge in [0.15, 0.2) is 0 Å². The van der Waals surface area contributed by atoms with Gasteiger partial charge in [-0.25, -0.2) is 0 Å². The van der Waals surface area contributed by atoms with Crippen molar-refractivity contribution in [2.45, 2.75) is 142 Å². The van der Waals surface area contributed by atoms with Crippen molar-refractivity contribution in [2.24, 2.45) is 0 Å². The van der Waals surface area contributed by atoms with Crippen LogP contribution in [0.15, 0.2) is 0 Å². The molecular formula is C27H57O6P. The van der Waals surface area contributed by atoms with Gasteiger partial charge in [0.2, 0.25) is 0 Å². The standard InChI is InChI=1S/C27H57O6P/c1-4-7-10-11-12-13-14-15-16-17-20-26(32-21-18-8-5-2)27(33-22-19-9-6-3)25-31-23-24-34(28,29)30/h26-27H,4-25H2,1-3H3,(H2,28,29,30)/t26?,27-/m0/s1. The van der Waals surface area contributed by atoms with Crippen molar-refractivity contribution in [2.75, 3.05) is 32.6 Å². The van der Waals surface area contributed by atoms with E-state index in [1.807, 2.05) is 0 Å². The molecule has 7 heteroatoms. The Morgan fingerprint density at radius 2 is 1.03 bits per heavy atom. The summed E-state index contributed by atoms with van der Waals surface area (Å²) in [6.45, 7) is 8.39. The van der Waals surface area contributed by atoms with Crippen LogP contribution in [0.4, 0.5) is 0 Å². The number of rotatable bonds is 27. The molecule has 0 amide bonds. The lowest BCUT2D eigenvalue weighted by Crippen LogP contribution is -2.36. The Balaban J connectivity index is 4.55. The van der Waals surface area contributed by atoms with Crippen LogP contribution in [0.2, 0.25) is 0 Å². The Bertz CT molecular complexity index is 456. The molecule has 0 aliphatic carbocycles. The molecule has 34 heavy (non-hydrogen) atoms. The van der Waals surface area contributed by atoms with Gasteiger partial charge >= 0.3 is 7.60 Å². The molecule has 0 saturated carbocycles. The second-order valence-corrected chi connectivity index (χ2v) is 11.4. The molecule has 0 spiro atoms. The highest BCUT2D eigenvalue weighted by molar-refractivity contribution is 7.51. The maximum atomic E-state index is 11.1. The third-order valence-electron chi connectivity index (χ3n) is 6.23. The Labute approximate surface area is 211 Å². The van der Waals surface area contributed by atoms with Crippen LogP contribution in [0.5, 0.6) is 0 Å². The third-order valence-corrected chi connectivity index (χ3v) is 6.99. The van der Waals surface area contributed by atoms with Crippen molar-refractivity contribution in [1.82, 2.24) is 0 Å². The lowest BCUT2D eigenvalue weighted by molar-refractivity contribution is -0.107. The van der Waals surface area contributed by atoms with E-state index in [2.05, 4.69) is 20.8 Å². The molecule has 0 aliphatic heterocycles. The van der Waals surface area contributed by atoms with E-state index >= 15 is 0 Å². The van der Waals surface area contributed by atoms with Crippen LogP contribution in [0, 0.1) is 0 Å². The zero-order valence-corrected chi connectivity index (χ0v) is 23.6. The van der Waals surface area contributed by atoms with Crippen LogP contribution in [0.25, 0.3) is 0 Å². The smallest absolute Gasteiger partial charge is 0.327 e. The highest BCUT2D eigenvalue weighted by atomic mass is 31.2. The number of unbranched alkanes of at least 4 members (excludes halogenated alkanes) is 13. The normalized spacial score (nSPS) is 13.9. The Hall–Kier alpha value is 0.0300. The van der Waals surface area contributed by atoms with Gasteiger partial charge in [-0.2, -0.15) is 0 Å². The molecule has 6 nitrogen and oxygen atoms in total. The summed E-state index contributed by atoms with van der Waals surface area (Å²) >= 11 is 0. The first-order valence-electron chi connectivity index (χ1n) is 14.3. The molecule has 0 aromatic rings. The fraction of sp³-hybridized carbons (Fsp3) is 1.00. The summed E-state index contributed by atoms with van der Waals surface area (Å²) in [6, 6.07) is 0. The van der Waals surface area contributed by atoms with Crippen molar-refractivity contribution in [3.63, 3.8) is 0 Å². The van der Waals surface area contributed by atoms with Crippen molar-refractivity contribution < 1.29 is 28.6 Å². The molecule has 0 fully saturated rings. The predicted octanol–water partition coefficient (Wildman–Crippen LogP) is 7.64. The minimum atomic E-state index is -4.04. The molecule has 0 aromatic heterocycles. The first-order chi connectivity index (χ1) is 16.4. The molecule has 0 rings (SSSR count). The summed E-state index contributed by atoms with van der Waals surface area (Å²) in [4.78, 5) is 18.2. The molecule has 1 unspecified atom stereocenters. The van der Waals surface area contributed by atoms with Crippen LogP contribution in [-0.4, -0.2) is 54.6 Å². The quantitative estimate of drug-likeness (QED) is 0.0876. The van der Waals surface area contributed by atoms with E-state index in [0.717, 1.165) is 58.0 Å². The Morgan fingerprint density at radius 3 is 1.53 bits per heavy atom. The molecule has 0 heterocycles. The summed E-state index contributed by atoms with van der Waals surface area (Å²) in [5, 5.41) is 0. The van der Waals surface area contributed by atoms with Crippen molar-refractivity contribution >= 4 is 7.60 Å². The van der Waals surface area contributed by atoms with Gasteiger partial charge < -0.3 is 24.0 Å². The molecule has 0 saturated heterocycles. The zero-order chi connectivity index (χ0) is 25.3. The van der Waals surface area contributed by atoms with Gasteiger partial charge in [-0.1, -0.05) is 111 Å². The van der Waals surface area contributed by atoms with Crippen molar-refractivity contribution in [3.8, 4) is 0 Å². The summed E-state index contributed by atoms with van der Waals surface area (Å²) in [5.74, 6) is 0. The van der Waals surface area contributed by atoms with Gasteiger partial charge in [-0.15, -0.1) is 0 Å². The fourth-order valence-electron chi connectivity index (χ4n) is 4.03. The van der Waals surface area contributed by atoms with E-state index in [-0.39, 0.29) is 25.0 Å². The largest absolute Gasteiger partial charge is 0.378 e. The summed E-state index contributed by atoms with van der Waals surface area (Å²) < 4.78 is 29.2. The molecule has 0 aromatic carbocycles. The molecule has 2 N–H and O–H groups in total. The maximum absolute atomic E-state index is 11.1. The topological polar surface area (TPSA) is 85.2 Å². The Kier molecular flexibility index (Phi) is 24.7. The van der Waals surface area contributed by atoms with Crippen LogP contribution < -0.4 is 0 Å². The van der Waals surface area contributed by atoms with Crippen LogP contribution >= 0.6 is 7.60 Å². The van der Waals surface area contributed by atoms with Crippen LogP contribution in [-0.2, 0) is 18.8 Å². The third kappa shape index (κ3) is 23.8. The second-order valence-electron chi connectivity index (χ2n) is 9.67. The van der Waals surface area contributed by atoms with E-state index in [4.69, 9.17) is 24.0 Å². The minimum absolute atomic E-state index is 0.0254. The van der Waals surface area contributed by atoms with Gasteiger partial charge in [0.05, 0.1) is 25.5 Å². The lowest BCUT2D eigenvalue weighted by Gasteiger charge is -2.28. The molecule has 0 radical (unpaired) electrons. The minimum Gasteiger partial charge on any atom is -0.378 e. The number of ether oxygens (including phenoxy) is 3. The first kappa shape index (κ1) is 34.0. The lowest BCUT2D eigenvalue weighted by atomic mass is 10.0. The van der Waals surface area contributed by atoms with E-state index in [1.165, 1.54) is 57.8 Å². The monoisotopic (exact) mass is 508 g/mol. The molecule has 0 aliphatic rings. The number of hydrogen-bond acceptors (Lipinski definition) is 4. The van der Waals surface area contributed by atoms with Crippen LogP contribution in [0.3, 0.4) is 0 Å². The van der Waals surface area contributed by atoms with Gasteiger partial charge in [0, 0.05) is 13.2 Å².